The van der Waals surface area contributed by atoms with E-state index in [1.54, 1.807) is 0 Å². The number of carboxylic acids is 1. The molecule has 0 unspecified atom stereocenters. The number of carbonyl (C=O) groups is 1. The van der Waals surface area contributed by atoms with Crippen molar-refractivity contribution in [3.8, 4) is 0 Å². The maximum atomic E-state index is 14.0. The second-order valence-corrected chi connectivity index (χ2v) is 5.71. The molecule has 1 aliphatic carbocycles. The van der Waals surface area contributed by atoms with E-state index < -0.39 is 47.5 Å². The van der Waals surface area contributed by atoms with E-state index in [0.29, 0.717) is 12.8 Å². The second-order valence-electron chi connectivity index (χ2n) is 5.71. The molecule has 1 saturated carbocycles. The lowest BCUT2D eigenvalue weighted by Gasteiger charge is -2.24. The van der Waals surface area contributed by atoms with Crippen LogP contribution in [0.4, 0.5) is 26.3 Å². The van der Waals surface area contributed by atoms with Crippen LogP contribution in [0.15, 0.2) is 18.2 Å². The quantitative estimate of drug-likeness (QED) is 0.707. The van der Waals surface area contributed by atoms with Gasteiger partial charge in [-0.25, -0.2) is 9.18 Å². The molecule has 2 rings (SSSR count). The zero-order chi connectivity index (χ0) is 19.6. The molecule has 0 saturated heterocycles. The summed E-state index contributed by atoms with van der Waals surface area (Å²) >= 11 is 0. The van der Waals surface area contributed by atoms with Crippen molar-refractivity contribution in [2.75, 3.05) is 0 Å². The Morgan fingerprint density at radius 1 is 1.24 bits per heavy atom. The third-order valence-corrected chi connectivity index (χ3v) is 3.56. The van der Waals surface area contributed by atoms with Gasteiger partial charge in [-0.3, -0.25) is 0 Å². The molecule has 1 fully saturated rings. The number of aliphatic carboxylic acids is 1. The third-order valence-electron chi connectivity index (χ3n) is 3.56. The van der Waals surface area contributed by atoms with E-state index in [1.807, 2.05) is 0 Å². The molecule has 1 aliphatic rings. The van der Waals surface area contributed by atoms with Crippen LogP contribution in [0.25, 0.3) is 0 Å². The van der Waals surface area contributed by atoms with Gasteiger partial charge in [-0.15, -0.1) is 0 Å². The monoisotopic (exact) mass is 373 g/mol. The lowest BCUT2D eigenvalue weighted by Crippen LogP contribution is -2.34. The first-order chi connectivity index (χ1) is 11.3. The molecule has 0 aliphatic heterocycles. The first-order valence-corrected chi connectivity index (χ1v) is 7.20. The zero-order valence-corrected chi connectivity index (χ0v) is 13.0. The lowest BCUT2D eigenvalue weighted by atomic mass is 9.95. The molecule has 4 nitrogen and oxygen atoms in total. The maximum absolute atomic E-state index is 14.0. The van der Waals surface area contributed by atoms with Crippen LogP contribution >= 0.6 is 0 Å². The highest BCUT2D eigenvalue weighted by molar-refractivity contribution is 5.73. The summed E-state index contributed by atoms with van der Waals surface area (Å²) in [6.07, 6.45) is -5.79. The van der Waals surface area contributed by atoms with Crippen molar-refractivity contribution < 1.29 is 41.4 Å². The summed E-state index contributed by atoms with van der Waals surface area (Å²) in [6, 6.07) is 3.05. The molecule has 0 spiro atoms. The number of hydrogen-bond acceptors (Lipinski definition) is 3. The Labute approximate surface area is 139 Å². The van der Waals surface area contributed by atoms with Crippen LogP contribution < -0.4 is 5.73 Å². The van der Waals surface area contributed by atoms with Crippen LogP contribution in [0.2, 0.25) is 0 Å². The molecule has 142 valence electrons. The summed E-state index contributed by atoms with van der Waals surface area (Å²) < 4.78 is 73.8. The number of aliphatic hydroxyl groups excluding tert-OH is 1. The average Bonchev–Trinajstić information content (AvgIpc) is 3.30. The largest absolute Gasteiger partial charge is 0.490 e. The highest BCUT2D eigenvalue weighted by Crippen LogP contribution is 2.45. The van der Waals surface area contributed by atoms with E-state index in [0.717, 1.165) is 6.07 Å². The van der Waals surface area contributed by atoms with Gasteiger partial charge in [0.15, 0.2) is 0 Å². The fraction of sp³-hybridized carbons (Fsp3) is 0.533. The Bertz CT molecular complexity index is 614. The Balaban J connectivity index is 0.000000381. The van der Waals surface area contributed by atoms with Gasteiger partial charge >= 0.3 is 18.1 Å². The van der Waals surface area contributed by atoms with E-state index >= 15 is 0 Å². The van der Waals surface area contributed by atoms with Crippen LogP contribution in [0.3, 0.4) is 0 Å². The summed E-state index contributed by atoms with van der Waals surface area (Å²) in [5, 5.41) is 16.7. The van der Waals surface area contributed by atoms with Gasteiger partial charge in [0.05, 0.1) is 5.56 Å². The second kappa shape index (κ2) is 7.61. The van der Waals surface area contributed by atoms with Crippen molar-refractivity contribution in [1.82, 2.24) is 0 Å². The highest BCUT2D eigenvalue weighted by atomic mass is 19.4. The van der Waals surface area contributed by atoms with E-state index in [-0.39, 0.29) is 5.56 Å². The number of alkyl halides is 5. The number of nitrogens with two attached hydrogens (primary N) is 1. The van der Waals surface area contributed by atoms with E-state index in [4.69, 9.17) is 15.6 Å². The molecule has 0 amide bonds. The first-order valence-electron chi connectivity index (χ1n) is 7.20. The first kappa shape index (κ1) is 21.2. The summed E-state index contributed by atoms with van der Waals surface area (Å²) in [4.78, 5) is 8.90. The smallest absolute Gasteiger partial charge is 0.475 e. The topological polar surface area (TPSA) is 83.5 Å². The number of carboxylic acid groups (broad SMARTS) is 1. The molecular formula is C15H17F6NO3. The van der Waals surface area contributed by atoms with Crippen molar-refractivity contribution in [2.45, 2.75) is 44.0 Å². The molecular weight excluding hydrogens is 356 g/mol. The predicted molar refractivity (Wildman–Crippen MR) is 75.3 cm³/mol. The highest BCUT2D eigenvalue weighted by Gasteiger charge is 2.50. The number of aliphatic hydroxyl groups is 1. The van der Waals surface area contributed by atoms with Crippen LogP contribution in [-0.4, -0.2) is 28.5 Å². The Kier molecular flexibility index (Phi) is 6.46. The minimum absolute atomic E-state index is 0.0372. The summed E-state index contributed by atoms with van der Waals surface area (Å²) in [6.45, 7) is 1.53. The third kappa shape index (κ3) is 5.33. The molecule has 25 heavy (non-hydrogen) atoms. The molecule has 10 heteroatoms. The number of halogens is 6. The Hall–Kier alpha value is -1.81. The van der Waals surface area contributed by atoms with Crippen molar-refractivity contribution in [1.29, 1.82) is 0 Å². The van der Waals surface area contributed by atoms with Gasteiger partial charge in [0, 0.05) is 11.6 Å². The molecule has 0 aromatic heterocycles. The molecule has 0 bridgehead atoms. The number of hydrogen-bond donors (Lipinski definition) is 3. The minimum atomic E-state index is -5.08. The van der Waals surface area contributed by atoms with E-state index in [2.05, 4.69) is 0 Å². The van der Waals surface area contributed by atoms with Gasteiger partial charge in [0.25, 0.3) is 0 Å². The SMILES string of the molecule is C[C@@H](N)c1cccc(C(F)(F)[C@H](O)C2CC2)c1F.O=C(O)C(F)(F)F. The van der Waals surface area contributed by atoms with Crippen molar-refractivity contribution in [3.05, 3.63) is 35.1 Å². The summed E-state index contributed by atoms with van der Waals surface area (Å²) in [7, 11) is 0. The van der Waals surface area contributed by atoms with Gasteiger partial charge in [-0.2, -0.15) is 22.0 Å². The van der Waals surface area contributed by atoms with Crippen molar-refractivity contribution >= 4 is 5.97 Å². The molecule has 2 atom stereocenters. The average molecular weight is 373 g/mol. The van der Waals surface area contributed by atoms with Gasteiger partial charge in [0.1, 0.15) is 11.9 Å². The Morgan fingerprint density at radius 2 is 1.72 bits per heavy atom. The summed E-state index contributed by atoms with van der Waals surface area (Å²) in [5.41, 5.74) is 4.80. The maximum Gasteiger partial charge on any atom is 0.490 e. The fourth-order valence-electron chi connectivity index (χ4n) is 2.03. The molecule has 4 N–H and O–H groups in total. The van der Waals surface area contributed by atoms with Crippen LogP contribution in [0, 0.1) is 11.7 Å². The Morgan fingerprint density at radius 3 is 2.08 bits per heavy atom. The molecule has 0 radical (unpaired) electrons. The van der Waals surface area contributed by atoms with Gasteiger partial charge < -0.3 is 15.9 Å². The zero-order valence-electron chi connectivity index (χ0n) is 13.0. The normalized spacial score (nSPS) is 17.3. The van der Waals surface area contributed by atoms with Crippen LogP contribution in [0.1, 0.15) is 36.9 Å². The molecule has 1 aromatic carbocycles. The number of rotatable bonds is 4. The van der Waals surface area contributed by atoms with Gasteiger partial charge in [-0.05, 0) is 31.7 Å². The molecule has 0 heterocycles. The minimum Gasteiger partial charge on any atom is -0.475 e. The lowest BCUT2D eigenvalue weighted by molar-refractivity contribution is -0.192. The van der Waals surface area contributed by atoms with Crippen molar-refractivity contribution in [2.24, 2.45) is 11.7 Å². The van der Waals surface area contributed by atoms with Crippen molar-refractivity contribution in [3.63, 3.8) is 0 Å². The number of benzene rings is 1. The van der Waals surface area contributed by atoms with Gasteiger partial charge in [-0.1, -0.05) is 12.1 Å². The standard InChI is InChI=1S/C13H16F3NO.C2HF3O2/c1-7(17)9-3-2-4-10(11(9)14)13(15,16)12(18)8-5-6-8;3-2(4,5)1(6)7/h2-4,7-8,12,18H,5-6,17H2,1H3;(H,6,7)/t7-,12-;/m1./s1. The van der Waals surface area contributed by atoms with Crippen LogP contribution in [0.5, 0.6) is 0 Å². The summed E-state index contributed by atoms with van der Waals surface area (Å²) in [5.74, 6) is -7.78. The van der Waals surface area contributed by atoms with E-state index in [1.165, 1.54) is 19.1 Å². The fourth-order valence-corrected chi connectivity index (χ4v) is 2.03. The molecule has 1 aromatic rings. The predicted octanol–water partition coefficient (Wildman–Crippen LogP) is 3.34. The van der Waals surface area contributed by atoms with Gasteiger partial charge in [0.2, 0.25) is 0 Å². The van der Waals surface area contributed by atoms with E-state index in [9.17, 15) is 31.4 Å². The van der Waals surface area contributed by atoms with Crippen LogP contribution in [-0.2, 0) is 10.7 Å².